The molecule has 1 fully saturated rings. The molecule has 1 aliphatic heterocycles. The van der Waals surface area contributed by atoms with Crippen molar-refractivity contribution < 1.29 is 18.0 Å². The fourth-order valence-electron chi connectivity index (χ4n) is 2.78. The molecule has 0 aromatic heterocycles. The molecular weight excluding hydrogens is 366 g/mol. The average Bonchev–Trinajstić information content (AvgIpc) is 2.74. The van der Waals surface area contributed by atoms with E-state index in [2.05, 4.69) is 10.6 Å². The van der Waals surface area contributed by atoms with E-state index in [0.29, 0.717) is 17.1 Å². The van der Waals surface area contributed by atoms with Gasteiger partial charge in [0.15, 0.2) is 9.84 Å². The standard InChI is InChI=1S/C16H22ClN3O4S/c1-16(7-8-25(23,24)11-16)19-15(22)10-20(2)9-14(21)18-13-6-4-3-5-12(13)17/h3-6H,7-11H2,1-2H3,(H,18,21)(H,19,22)/t16-/m1/s1. The van der Waals surface area contributed by atoms with E-state index >= 15 is 0 Å². The van der Waals surface area contributed by atoms with Crippen molar-refractivity contribution in [1.29, 1.82) is 0 Å². The van der Waals surface area contributed by atoms with Crippen molar-refractivity contribution in [3.05, 3.63) is 29.3 Å². The molecule has 1 saturated heterocycles. The number of hydrogen-bond donors (Lipinski definition) is 2. The van der Waals surface area contributed by atoms with Crippen LogP contribution in [-0.2, 0) is 19.4 Å². The number of carbonyl (C=O) groups is 2. The largest absolute Gasteiger partial charge is 0.349 e. The van der Waals surface area contributed by atoms with Gasteiger partial charge in [0.2, 0.25) is 11.8 Å². The normalized spacial score (nSPS) is 21.9. The number of benzene rings is 1. The van der Waals surface area contributed by atoms with Gasteiger partial charge in [0, 0.05) is 0 Å². The Labute approximate surface area is 152 Å². The smallest absolute Gasteiger partial charge is 0.238 e. The quantitative estimate of drug-likeness (QED) is 0.756. The van der Waals surface area contributed by atoms with Crippen molar-refractivity contribution in [2.75, 3.05) is 37.0 Å². The maximum Gasteiger partial charge on any atom is 0.238 e. The number of rotatable bonds is 6. The van der Waals surface area contributed by atoms with E-state index in [1.807, 2.05) is 0 Å². The number of likely N-dealkylation sites (N-methyl/N-ethyl adjacent to an activating group) is 1. The molecule has 0 radical (unpaired) electrons. The molecule has 7 nitrogen and oxygen atoms in total. The Morgan fingerprint density at radius 1 is 1.24 bits per heavy atom. The van der Waals surface area contributed by atoms with E-state index in [1.165, 1.54) is 0 Å². The Balaban J connectivity index is 1.81. The molecule has 1 aromatic rings. The summed E-state index contributed by atoms with van der Waals surface area (Å²) in [6.07, 6.45) is 0.401. The zero-order chi connectivity index (χ0) is 18.7. The Kier molecular flexibility index (Phi) is 6.08. The van der Waals surface area contributed by atoms with E-state index in [4.69, 9.17) is 11.6 Å². The van der Waals surface area contributed by atoms with E-state index in [0.717, 1.165) is 0 Å². The topological polar surface area (TPSA) is 95.6 Å². The van der Waals surface area contributed by atoms with Gasteiger partial charge >= 0.3 is 0 Å². The van der Waals surface area contributed by atoms with Gasteiger partial charge in [0.1, 0.15) is 0 Å². The Hall–Kier alpha value is -1.64. The second-order valence-electron chi connectivity index (χ2n) is 6.65. The summed E-state index contributed by atoms with van der Waals surface area (Å²) in [4.78, 5) is 25.7. The minimum atomic E-state index is -3.09. The predicted molar refractivity (Wildman–Crippen MR) is 97.4 cm³/mol. The molecule has 0 saturated carbocycles. The van der Waals surface area contributed by atoms with Gasteiger partial charge in [0.25, 0.3) is 0 Å². The van der Waals surface area contributed by atoms with Crippen LogP contribution < -0.4 is 10.6 Å². The molecule has 2 amide bonds. The van der Waals surface area contributed by atoms with Gasteiger partial charge in [-0.15, -0.1) is 0 Å². The molecule has 138 valence electrons. The van der Waals surface area contributed by atoms with Crippen LogP contribution in [0.5, 0.6) is 0 Å². The third-order valence-corrected chi connectivity index (χ3v) is 6.15. The lowest BCUT2D eigenvalue weighted by Gasteiger charge is -2.25. The number of anilines is 1. The lowest BCUT2D eigenvalue weighted by atomic mass is 10.0. The lowest BCUT2D eigenvalue weighted by Crippen LogP contribution is -2.50. The van der Waals surface area contributed by atoms with Gasteiger partial charge in [-0.2, -0.15) is 0 Å². The SMILES string of the molecule is CN(CC(=O)Nc1ccccc1Cl)CC(=O)N[C@]1(C)CCS(=O)(=O)C1. The van der Waals surface area contributed by atoms with Gasteiger partial charge in [0.05, 0.1) is 40.8 Å². The first-order chi connectivity index (χ1) is 11.6. The fraction of sp³-hybridized carbons (Fsp3) is 0.500. The average molecular weight is 388 g/mol. The predicted octanol–water partition coefficient (Wildman–Crippen LogP) is 0.904. The highest BCUT2D eigenvalue weighted by Crippen LogP contribution is 2.22. The number of carbonyl (C=O) groups excluding carboxylic acids is 2. The van der Waals surface area contributed by atoms with Crippen molar-refractivity contribution >= 4 is 38.9 Å². The van der Waals surface area contributed by atoms with Gasteiger partial charge < -0.3 is 10.6 Å². The maximum atomic E-state index is 12.1. The third-order valence-electron chi connectivity index (χ3n) is 3.92. The van der Waals surface area contributed by atoms with Crippen LogP contribution in [0.25, 0.3) is 0 Å². The summed E-state index contributed by atoms with van der Waals surface area (Å²) in [5.74, 6) is -0.576. The second-order valence-corrected chi connectivity index (χ2v) is 9.24. The summed E-state index contributed by atoms with van der Waals surface area (Å²) < 4.78 is 23.1. The molecule has 1 aliphatic rings. The Morgan fingerprint density at radius 3 is 2.48 bits per heavy atom. The molecule has 0 bridgehead atoms. The van der Waals surface area contributed by atoms with E-state index < -0.39 is 15.4 Å². The molecule has 1 atom stereocenters. The van der Waals surface area contributed by atoms with Crippen LogP contribution in [-0.4, -0.2) is 62.3 Å². The third kappa shape index (κ3) is 5.98. The zero-order valence-electron chi connectivity index (χ0n) is 14.2. The number of sulfone groups is 1. The van der Waals surface area contributed by atoms with Gasteiger partial charge in [-0.25, -0.2) is 8.42 Å². The molecule has 0 aliphatic carbocycles. The number of amides is 2. The van der Waals surface area contributed by atoms with Crippen molar-refractivity contribution in [2.45, 2.75) is 18.9 Å². The summed E-state index contributed by atoms with van der Waals surface area (Å²) in [6, 6.07) is 6.88. The summed E-state index contributed by atoms with van der Waals surface area (Å²) in [5.41, 5.74) is -0.230. The van der Waals surface area contributed by atoms with Crippen LogP contribution in [0.1, 0.15) is 13.3 Å². The van der Waals surface area contributed by atoms with Crippen molar-refractivity contribution in [3.8, 4) is 0 Å². The van der Waals surface area contributed by atoms with E-state index in [-0.39, 0.29) is 36.4 Å². The monoisotopic (exact) mass is 387 g/mol. The second kappa shape index (κ2) is 7.72. The summed E-state index contributed by atoms with van der Waals surface area (Å²) in [5, 5.41) is 5.88. The molecule has 0 spiro atoms. The van der Waals surface area contributed by atoms with Crippen LogP contribution in [0, 0.1) is 0 Å². The maximum absolute atomic E-state index is 12.1. The number of halogens is 1. The highest BCUT2D eigenvalue weighted by Gasteiger charge is 2.39. The molecule has 25 heavy (non-hydrogen) atoms. The van der Waals surface area contributed by atoms with E-state index in [1.54, 1.807) is 43.1 Å². The summed E-state index contributed by atoms with van der Waals surface area (Å²) in [6.45, 7) is 1.72. The van der Waals surface area contributed by atoms with Gasteiger partial charge in [-0.1, -0.05) is 23.7 Å². The van der Waals surface area contributed by atoms with Crippen molar-refractivity contribution in [3.63, 3.8) is 0 Å². The first-order valence-corrected chi connectivity index (χ1v) is 10.0. The highest BCUT2D eigenvalue weighted by molar-refractivity contribution is 7.91. The van der Waals surface area contributed by atoms with Crippen LogP contribution in [0.15, 0.2) is 24.3 Å². The van der Waals surface area contributed by atoms with Crippen molar-refractivity contribution in [1.82, 2.24) is 10.2 Å². The number of nitrogens with one attached hydrogen (secondary N) is 2. The van der Waals surface area contributed by atoms with Crippen LogP contribution in [0.2, 0.25) is 5.02 Å². The van der Waals surface area contributed by atoms with Crippen LogP contribution >= 0.6 is 11.6 Å². The number of hydrogen-bond acceptors (Lipinski definition) is 5. The molecule has 0 unspecified atom stereocenters. The molecule has 2 N–H and O–H groups in total. The molecule has 2 rings (SSSR count). The fourth-order valence-corrected chi connectivity index (χ4v) is 5.06. The zero-order valence-corrected chi connectivity index (χ0v) is 15.8. The molecule has 1 aromatic carbocycles. The van der Waals surface area contributed by atoms with Crippen LogP contribution in [0.4, 0.5) is 5.69 Å². The summed E-state index contributed by atoms with van der Waals surface area (Å²) >= 11 is 5.98. The lowest BCUT2D eigenvalue weighted by molar-refractivity contribution is -0.124. The van der Waals surface area contributed by atoms with E-state index in [9.17, 15) is 18.0 Å². The first-order valence-electron chi connectivity index (χ1n) is 7.83. The van der Waals surface area contributed by atoms with Gasteiger partial charge in [-0.3, -0.25) is 14.5 Å². The molecule has 1 heterocycles. The minimum absolute atomic E-state index is 0.00760. The highest BCUT2D eigenvalue weighted by atomic mass is 35.5. The minimum Gasteiger partial charge on any atom is -0.349 e. The summed E-state index contributed by atoms with van der Waals surface area (Å²) in [7, 11) is -1.45. The number of nitrogens with zero attached hydrogens (tertiary/aromatic N) is 1. The molecule has 9 heteroatoms. The number of para-hydroxylation sites is 1. The van der Waals surface area contributed by atoms with Gasteiger partial charge in [-0.05, 0) is 32.5 Å². The first kappa shape index (κ1) is 19.7. The Bertz CT molecular complexity index is 768. The molecular formula is C16H22ClN3O4S. The Morgan fingerprint density at radius 2 is 1.88 bits per heavy atom. The van der Waals surface area contributed by atoms with Crippen LogP contribution in [0.3, 0.4) is 0 Å². The van der Waals surface area contributed by atoms with Crippen molar-refractivity contribution in [2.24, 2.45) is 0 Å².